The third-order valence-electron chi connectivity index (χ3n) is 6.03. The fourth-order valence-electron chi connectivity index (χ4n) is 4.50. The van der Waals surface area contributed by atoms with Gasteiger partial charge in [-0.15, -0.1) is 0 Å². The molecule has 1 aliphatic heterocycles. The van der Waals surface area contributed by atoms with Crippen LogP contribution in [0.2, 0.25) is 0 Å². The number of rotatable bonds is 7. The molecule has 8 heteroatoms. The van der Waals surface area contributed by atoms with Crippen LogP contribution in [0.3, 0.4) is 0 Å². The van der Waals surface area contributed by atoms with Crippen molar-refractivity contribution in [3.8, 4) is 11.5 Å². The van der Waals surface area contributed by atoms with Crippen molar-refractivity contribution in [3.63, 3.8) is 0 Å². The summed E-state index contributed by atoms with van der Waals surface area (Å²) in [5, 5.41) is 2.93. The quantitative estimate of drug-likeness (QED) is 0.530. The zero-order chi connectivity index (χ0) is 25.0. The maximum absolute atomic E-state index is 13.3. The first-order valence-corrected chi connectivity index (χ1v) is 13.1. The van der Waals surface area contributed by atoms with E-state index in [4.69, 9.17) is 4.74 Å². The molecule has 0 bridgehead atoms. The second kappa shape index (κ2) is 10.6. The maximum Gasteiger partial charge on any atom is 0.243 e. The van der Waals surface area contributed by atoms with E-state index in [1.807, 2.05) is 80.3 Å². The summed E-state index contributed by atoms with van der Waals surface area (Å²) in [5.74, 6) is 1.08. The predicted octanol–water partition coefficient (Wildman–Crippen LogP) is 4.35. The number of piperazine rings is 1. The summed E-state index contributed by atoms with van der Waals surface area (Å²) >= 11 is 0. The van der Waals surface area contributed by atoms with E-state index in [1.165, 1.54) is 4.31 Å². The van der Waals surface area contributed by atoms with Crippen molar-refractivity contribution in [2.24, 2.45) is 0 Å². The fraction of sp³-hybridized carbons (Fsp3) is 0.296. The van der Waals surface area contributed by atoms with E-state index >= 15 is 0 Å². The number of hydrogen-bond donors (Lipinski definition) is 1. The van der Waals surface area contributed by atoms with E-state index in [9.17, 15) is 13.2 Å². The standard InChI is InChI=1S/C27H31N3O4S/c1-20-17-21(2)27(22(3)18-20)35(32,33)30-15-13-29(14-16-30)19-26(31)28-24-11-7-8-12-25(24)34-23-9-5-4-6-10-23/h4-12,17-18H,13-16,19H2,1-3H3,(H,28,31). The average molecular weight is 494 g/mol. The van der Waals surface area contributed by atoms with Crippen molar-refractivity contribution < 1.29 is 17.9 Å². The molecule has 4 rings (SSSR count). The normalized spacial score (nSPS) is 15.1. The summed E-state index contributed by atoms with van der Waals surface area (Å²) in [7, 11) is -3.59. The lowest BCUT2D eigenvalue weighted by Crippen LogP contribution is -2.50. The molecule has 0 aromatic heterocycles. The van der Waals surface area contributed by atoms with Gasteiger partial charge in [0.1, 0.15) is 5.75 Å². The molecular formula is C27H31N3O4S. The van der Waals surface area contributed by atoms with Crippen LogP contribution in [-0.4, -0.2) is 56.3 Å². The first-order valence-electron chi connectivity index (χ1n) is 11.7. The van der Waals surface area contributed by atoms with Crippen molar-refractivity contribution in [1.29, 1.82) is 0 Å². The monoisotopic (exact) mass is 493 g/mol. The van der Waals surface area contributed by atoms with Crippen LogP contribution in [0.5, 0.6) is 11.5 Å². The Balaban J connectivity index is 1.36. The summed E-state index contributed by atoms with van der Waals surface area (Å²) < 4.78 is 34.1. The largest absolute Gasteiger partial charge is 0.455 e. The van der Waals surface area contributed by atoms with Crippen LogP contribution in [0.1, 0.15) is 16.7 Å². The zero-order valence-electron chi connectivity index (χ0n) is 20.3. The summed E-state index contributed by atoms with van der Waals surface area (Å²) in [6.45, 7) is 7.48. The van der Waals surface area contributed by atoms with E-state index < -0.39 is 10.0 Å². The Morgan fingerprint density at radius 3 is 2.14 bits per heavy atom. The van der Waals surface area contributed by atoms with Gasteiger partial charge in [0.25, 0.3) is 0 Å². The lowest BCUT2D eigenvalue weighted by molar-refractivity contribution is -0.117. The highest BCUT2D eigenvalue weighted by Crippen LogP contribution is 2.29. The van der Waals surface area contributed by atoms with Crippen molar-refractivity contribution in [3.05, 3.63) is 83.4 Å². The van der Waals surface area contributed by atoms with Crippen LogP contribution in [0, 0.1) is 20.8 Å². The highest BCUT2D eigenvalue weighted by molar-refractivity contribution is 7.89. The maximum atomic E-state index is 13.3. The molecule has 0 unspecified atom stereocenters. The van der Waals surface area contributed by atoms with Gasteiger partial charge in [-0.05, 0) is 56.2 Å². The summed E-state index contributed by atoms with van der Waals surface area (Å²) in [6, 6.07) is 20.5. The van der Waals surface area contributed by atoms with Gasteiger partial charge < -0.3 is 10.1 Å². The Kier molecular flexibility index (Phi) is 7.54. The van der Waals surface area contributed by atoms with Crippen LogP contribution in [-0.2, 0) is 14.8 Å². The number of anilines is 1. The molecule has 1 amide bonds. The van der Waals surface area contributed by atoms with E-state index in [0.717, 1.165) is 16.7 Å². The van der Waals surface area contributed by atoms with Gasteiger partial charge in [-0.3, -0.25) is 9.69 Å². The predicted molar refractivity (Wildman–Crippen MR) is 137 cm³/mol. The number of nitrogens with one attached hydrogen (secondary N) is 1. The van der Waals surface area contributed by atoms with E-state index in [2.05, 4.69) is 5.32 Å². The van der Waals surface area contributed by atoms with Crippen LogP contribution >= 0.6 is 0 Å². The molecule has 0 saturated carbocycles. The smallest absolute Gasteiger partial charge is 0.243 e. The zero-order valence-corrected chi connectivity index (χ0v) is 21.1. The molecule has 3 aromatic rings. The minimum Gasteiger partial charge on any atom is -0.455 e. The van der Waals surface area contributed by atoms with E-state index in [-0.39, 0.29) is 12.5 Å². The lowest BCUT2D eigenvalue weighted by atomic mass is 10.1. The number of para-hydroxylation sites is 3. The van der Waals surface area contributed by atoms with Crippen molar-refractivity contribution in [2.75, 3.05) is 38.0 Å². The van der Waals surface area contributed by atoms with Crippen LogP contribution in [0.15, 0.2) is 71.6 Å². The number of ether oxygens (including phenoxy) is 1. The summed E-state index contributed by atoms with van der Waals surface area (Å²) in [6.07, 6.45) is 0. The third-order valence-corrected chi connectivity index (χ3v) is 8.24. The molecule has 3 aromatic carbocycles. The first-order chi connectivity index (χ1) is 16.7. The number of benzene rings is 3. The van der Waals surface area contributed by atoms with Crippen molar-refractivity contribution in [2.45, 2.75) is 25.7 Å². The van der Waals surface area contributed by atoms with Gasteiger partial charge in [0.05, 0.1) is 17.1 Å². The molecule has 0 radical (unpaired) electrons. The molecule has 35 heavy (non-hydrogen) atoms. The topological polar surface area (TPSA) is 79.0 Å². The van der Waals surface area contributed by atoms with Gasteiger partial charge in [0.2, 0.25) is 15.9 Å². The van der Waals surface area contributed by atoms with Crippen LogP contribution in [0.4, 0.5) is 5.69 Å². The van der Waals surface area contributed by atoms with Crippen LogP contribution < -0.4 is 10.1 Å². The second-order valence-corrected chi connectivity index (χ2v) is 10.7. The van der Waals surface area contributed by atoms with Gasteiger partial charge in [0, 0.05) is 26.2 Å². The van der Waals surface area contributed by atoms with Gasteiger partial charge in [-0.1, -0.05) is 48.0 Å². The molecule has 0 aliphatic carbocycles. The van der Waals surface area contributed by atoms with Gasteiger partial charge in [-0.2, -0.15) is 4.31 Å². The Morgan fingerprint density at radius 1 is 0.886 bits per heavy atom. The second-order valence-electron chi connectivity index (χ2n) is 8.87. The molecule has 1 fully saturated rings. The Morgan fingerprint density at radius 2 is 1.49 bits per heavy atom. The Labute approximate surface area is 207 Å². The number of carbonyl (C=O) groups excluding carboxylic acids is 1. The Hall–Kier alpha value is -3.20. The summed E-state index contributed by atoms with van der Waals surface area (Å²) in [5.41, 5.74) is 3.17. The highest BCUT2D eigenvalue weighted by atomic mass is 32.2. The number of sulfonamides is 1. The number of nitrogens with zero attached hydrogens (tertiary/aromatic N) is 2. The van der Waals surface area contributed by atoms with Gasteiger partial charge >= 0.3 is 0 Å². The lowest BCUT2D eigenvalue weighted by Gasteiger charge is -2.34. The minimum atomic E-state index is -3.59. The van der Waals surface area contributed by atoms with Crippen molar-refractivity contribution in [1.82, 2.24) is 9.21 Å². The highest BCUT2D eigenvalue weighted by Gasteiger charge is 2.31. The molecule has 184 valence electrons. The van der Waals surface area contributed by atoms with E-state index in [0.29, 0.717) is 48.3 Å². The van der Waals surface area contributed by atoms with Gasteiger partial charge in [-0.25, -0.2) is 8.42 Å². The SMILES string of the molecule is Cc1cc(C)c(S(=O)(=O)N2CCN(CC(=O)Nc3ccccc3Oc3ccccc3)CC2)c(C)c1. The molecule has 1 N–H and O–H groups in total. The summed E-state index contributed by atoms with van der Waals surface area (Å²) in [4.78, 5) is 15.1. The number of aryl methyl sites for hydroxylation is 3. The molecule has 1 heterocycles. The molecule has 0 spiro atoms. The third kappa shape index (κ3) is 5.90. The molecule has 7 nitrogen and oxygen atoms in total. The molecule has 1 aliphatic rings. The average Bonchev–Trinajstić information content (AvgIpc) is 2.80. The fourth-order valence-corrected chi connectivity index (χ4v) is 6.33. The first kappa shape index (κ1) is 24.9. The number of hydrogen-bond acceptors (Lipinski definition) is 5. The molecule has 0 atom stereocenters. The Bertz CT molecular complexity index is 1280. The molecule has 1 saturated heterocycles. The van der Waals surface area contributed by atoms with Gasteiger partial charge in [0.15, 0.2) is 5.75 Å². The number of amides is 1. The number of carbonyl (C=O) groups is 1. The van der Waals surface area contributed by atoms with Crippen LogP contribution in [0.25, 0.3) is 0 Å². The van der Waals surface area contributed by atoms with E-state index in [1.54, 1.807) is 12.1 Å². The minimum absolute atomic E-state index is 0.171. The van der Waals surface area contributed by atoms with Crippen molar-refractivity contribution >= 4 is 21.6 Å². The molecular weight excluding hydrogens is 462 g/mol.